The number of aromatic nitrogens is 1. The van der Waals surface area contributed by atoms with Gasteiger partial charge in [0.2, 0.25) is 0 Å². The number of nitrogens with zero attached hydrogens (tertiary/aromatic N) is 2. The molecule has 1 aromatic heterocycles. The summed E-state index contributed by atoms with van der Waals surface area (Å²) in [6.45, 7) is 0. The van der Waals surface area contributed by atoms with E-state index in [1.54, 1.807) is 6.07 Å². The molecule has 0 saturated heterocycles. The number of aromatic carboxylic acids is 1. The number of hydrogen-bond donors (Lipinski definition) is 3. The molecule has 0 saturated carbocycles. The number of halogens is 2. The number of carboxylic acids is 1. The Kier molecular flexibility index (Phi) is 6.20. The molecule has 8 nitrogen and oxygen atoms in total. The number of ether oxygens (including phenoxy) is 1. The van der Waals surface area contributed by atoms with Crippen LogP contribution in [0.2, 0.25) is 5.15 Å². The van der Waals surface area contributed by atoms with Gasteiger partial charge in [-0.25, -0.2) is 22.7 Å². The van der Waals surface area contributed by atoms with Crippen LogP contribution in [0, 0.1) is 5.82 Å². The minimum atomic E-state index is -2.61. The first-order valence-corrected chi connectivity index (χ1v) is 9.64. The molecule has 0 aliphatic heterocycles. The van der Waals surface area contributed by atoms with Crippen molar-refractivity contribution in [2.45, 2.75) is 0 Å². The Morgan fingerprint density at radius 1 is 1.20 bits per heavy atom. The lowest BCUT2D eigenvalue weighted by atomic mass is 10.1. The van der Waals surface area contributed by atoms with E-state index in [4.69, 9.17) is 21.4 Å². The minimum absolute atomic E-state index is 0.0225. The molecule has 0 fully saturated rings. The van der Waals surface area contributed by atoms with Crippen LogP contribution in [-0.2, 0) is 11.3 Å². The highest BCUT2D eigenvalue weighted by Crippen LogP contribution is 2.36. The average molecular weight is 453 g/mol. The normalized spacial score (nSPS) is 11.7. The Hall–Kier alpha value is -3.21. The third kappa shape index (κ3) is 4.20. The van der Waals surface area contributed by atoms with Gasteiger partial charge in [0.25, 0.3) is 11.3 Å². The zero-order valence-corrected chi connectivity index (χ0v) is 16.8. The van der Waals surface area contributed by atoms with Crippen molar-refractivity contribution in [3.63, 3.8) is 0 Å². The van der Waals surface area contributed by atoms with Crippen LogP contribution < -0.4 is 9.04 Å². The molecule has 2 aromatic carbocycles. The molecule has 156 valence electrons. The number of rotatable bonds is 6. The van der Waals surface area contributed by atoms with Gasteiger partial charge in [0, 0.05) is 11.6 Å². The Morgan fingerprint density at radius 2 is 1.93 bits per heavy atom. The third-order valence-corrected chi connectivity index (χ3v) is 5.16. The number of benzene rings is 2. The summed E-state index contributed by atoms with van der Waals surface area (Å²) in [5, 5.41) is 19.0. The van der Waals surface area contributed by atoms with Crippen LogP contribution in [0.25, 0.3) is 11.1 Å². The predicted octanol–water partition coefficient (Wildman–Crippen LogP) is 4.23. The van der Waals surface area contributed by atoms with Crippen molar-refractivity contribution in [2.24, 2.45) is 0 Å². The van der Waals surface area contributed by atoms with Crippen molar-refractivity contribution in [2.75, 3.05) is 11.4 Å². The number of phenols is 1. The number of anilines is 2. The van der Waals surface area contributed by atoms with E-state index in [-0.39, 0.29) is 33.4 Å². The number of methoxy groups -OCH3 is 1. The summed E-state index contributed by atoms with van der Waals surface area (Å²) in [4.78, 5) is 15.1. The lowest BCUT2D eigenvalue weighted by molar-refractivity contribution is 0.0693. The maximum atomic E-state index is 14.1. The van der Waals surface area contributed by atoms with Gasteiger partial charge in [-0.3, -0.25) is 4.55 Å². The summed E-state index contributed by atoms with van der Waals surface area (Å²) in [6.07, 6.45) is 1.21. The molecular weight excluding hydrogens is 439 g/mol. The molecule has 1 heterocycles. The lowest BCUT2D eigenvalue weighted by Gasteiger charge is -2.21. The highest BCUT2D eigenvalue weighted by Gasteiger charge is 2.21. The summed E-state index contributed by atoms with van der Waals surface area (Å²) in [5.74, 6) is -2.54. The molecule has 0 radical (unpaired) electrons. The maximum Gasteiger partial charge on any atom is 0.339 e. The second-order valence-corrected chi connectivity index (χ2v) is 7.10. The Bertz CT molecular complexity index is 1160. The van der Waals surface area contributed by atoms with E-state index in [9.17, 15) is 23.1 Å². The smallest absolute Gasteiger partial charge is 0.339 e. The van der Waals surface area contributed by atoms with E-state index in [1.165, 1.54) is 37.6 Å². The molecule has 0 bridgehead atoms. The van der Waals surface area contributed by atoms with Gasteiger partial charge in [-0.2, -0.15) is 0 Å². The van der Waals surface area contributed by atoms with Crippen LogP contribution in [0.15, 0.2) is 48.7 Å². The van der Waals surface area contributed by atoms with Gasteiger partial charge in [-0.05, 0) is 35.9 Å². The fourth-order valence-corrected chi connectivity index (χ4v) is 3.53. The van der Waals surface area contributed by atoms with Gasteiger partial charge >= 0.3 is 5.97 Å². The van der Waals surface area contributed by atoms with E-state index >= 15 is 0 Å². The predicted molar refractivity (Wildman–Crippen MR) is 109 cm³/mol. The fourth-order valence-electron chi connectivity index (χ4n) is 2.74. The second kappa shape index (κ2) is 8.66. The van der Waals surface area contributed by atoms with Gasteiger partial charge in [0.15, 0.2) is 11.6 Å². The molecule has 1 atom stereocenters. The molecular formula is C19H14ClFN2O6S. The van der Waals surface area contributed by atoms with Crippen molar-refractivity contribution < 1.29 is 32.9 Å². The molecule has 11 heteroatoms. The lowest BCUT2D eigenvalue weighted by Crippen LogP contribution is -2.19. The zero-order chi connectivity index (χ0) is 22.0. The average Bonchev–Trinajstić information content (AvgIpc) is 2.69. The number of aromatic hydroxyl groups is 1. The van der Waals surface area contributed by atoms with Crippen molar-refractivity contribution in [3.05, 3.63) is 65.2 Å². The standard InChI is InChI=1S/C19H14ClFN2O6S/c1-29-17-5-2-10(6-15(17)21)14-7-12(9-22-18(14)20)23(30(27)28)11-3-4-13(19(25)26)16(24)8-11/h2-9,24H,1H3,(H,25,26)(H,27,28). The largest absolute Gasteiger partial charge is 0.507 e. The quantitative estimate of drug-likeness (QED) is 0.378. The molecule has 3 aromatic rings. The van der Waals surface area contributed by atoms with Crippen LogP contribution in [0.1, 0.15) is 10.4 Å². The first-order chi connectivity index (χ1) is 14.2. The number of carbonyl (C=O) groups is 1. The number of hydrogen-bond acceptors (Lipinski definition) is 5. The van der Waals surface area contributed by atoms with Gasteiger partial charge in [0.1, 0.15) is 16.5 Å². The first-order valence-electron chi connectivity index (χ1n) is 8.19. The number of carboxylic acid groups (broad SMARTS) is 1. The van der Waals surface area contributed by atoms with Gasteiger partial charge in [-0.15, -0.1) is 0 Å². The van der Waals surface area contributed by atoms with E-state index in [0.29, 0.717) is 5.56 Å². The van der Waals surface area contributed by atoms with Gasteiger partial charge < -0.3 is 14.9 Å². The zero-order valence-electron chi connectivity index (χ0n) is 15.2. The summed E-state index contributed by atoms with van der Waals surface area (Å²) in [5.41, 5.74) is 0.368. The molecule has 0 spiro atoms. The molecule has 3 N–H and O–H groups in total. The summed E-state index contributed by atoms with van der Waals surface area (Å²) < 4.78 is 41.7. The van der Waals surface area contributed by atoms with Crippen molar-refractivity contribution in [3.8, 4) is 22.6 Å². The van der Waals surface area contributed by atoms with Crippen molar-refractivity contribution in [1.29, 1.82) is 0 Å². The van der Waals surface area contributed by atoms with Crippen LogP contribution in [0.3, 0.4) is 0 Å². The van der Waals surface area contributed by atoms with Crippen LogP contribution in [-0.4, -0.2) is 37.0 Å². The summed E-state index contributed by atoms with van der Waals surface area (Å²) >= 11 is 3.53. The number of pyridine rings is 1. The fraction of sp³-hybridized carbons (Fsp3) is 0.0526. The van der Waals surface area contributed by atoms with Crippen molar-refractivity contribution in [1.82, 2.24) is 4.98 Å². The molecule has 0 aliphatic rings. The highest BCUT2D eigenvalue weighted by molar-refractivity contribution is 7.81. The Balaban J connectivity index is 2.10. The van der Waals surface area contributed by atoms with Crippen LogP contribution in [0.4, 0.5) is 15.8 Å². The SMILES string of the molecule is COc1ccc(-c2cc(N(c3ccc(C(=O)O)c(O)c3)S(=O)O)cnc2Cl)cc1F. The molecule has 1 unspecified atom stereocenters. The van der Waals surface area contributed by atoms with E-state index in [0.717, 1.165) is 16.4 Å². The summed E-state index contributed by atoms with van der Waals surface area (Å²) in [6, 6.07) is 8.90. The Labute approximate surface area is 177 Å². The molecule has 3 rings (SSSR count). The third-order valence-electron chi connectivity index (χ3n) is 4.12. The van der Waals surface area contributed by atoms with E-state index in [1.807, 2.05) is 0 Å². The second-order valence-electron chi connectivity index (χ2n) is 5.91. The van der Waals surface area contributed by atoms with Crippen LogP contribution in [0.5, 0.6) is 11.5 Å². The topological polar surface area (TPSA) is 120 Å². The van der Waals surface area contributed by atoms with E-state index in [2.05, 4.69) is 4.98 Å². The highest BCUT2D eigenvalue weighted by atomic mass is 35.5. The maximum absolute atomic E-state index is 14.1. The monoisotopic (exact) mass is 452 g/mol. The van der Waals surface area contributed by atoms with Crippen LogP contribution >= 0.6 is 11.6 Å². The van der Waals surface area contributed by atoms with Crippen molar-refractivity contribution >= 4 is 40.2 Å². The first kappa shape index (κ1) is 21.5. The van der Waals surface area contributed by atoms with E-state index < -0.39 is 28.8 Å². The molecule has 0 aliphatic carbocycles. The molecule has 0 amide bonds. The van der Waals surface area contributed by atoms with Gasteiger partial charge in [-0.1, -0.05) is 17.7 Å². The Morgan fingerprint density at radius 3 is 2.50 bits per heavy atom. The van der Waals surface area contributed by atoms with Gasteiger partial charge in [0.05, 0.1) is 24.7 Å². The summed E-state index contributed by atoms with van der Waals surface area (Å²) in [7, 11) is 1.33. The minimum Gasteiger partial charge on any atom is -0.507 e. The molecule has 30 heavy (non-hydrogen) atoms.